The van der Waals surface area contributed by atoms with Crippen LogP contribution >= 0.6 is 0 Å². The third-order valence-electron chi connectivity index (χ3n) is 4.31. The Balaban J connectivity index is 1.84. The average molecular weight is 358 g/mol. The third kappa shape index (κ3) is 3.10. The molecule has 7 heteroatoms. The molecule has 0 saturated heterocycles. The summed E-state index contributed by atoms with van der Waals surface area (Å²) >= 11 is 0. The molecule has 134 valence electrons. The highest BCUT2D eigenvalue weighted by atomic mass is 16.2. The maximum absolute atomic E-state index is 12.3. The van der Waals surface area contributed by atoms with Gasteiger partial charge in [-0.3, -0.25) is 4.79 Å². The number of carbonyl (C=O) groups is 1. The molecule has 0 unspecified atom stereocenters. The molecule has 7 nitrogen and oxygen atoms in total. The first-order chi connectivity index (χ1) is 13.0. The van der Waals surface area contributed by atoms with E-state index in [0.717, 1.165) is 27.9 Å². The van der Waals surface area contributed by atoms with Gasteiger partial charge >= 0.3 is 0 Å². The normalized spacial score (nSPS) is 10.9. The largest absolute Gasteiger partial charge is 0.368 e. The van der Waals surface area contributed by atoms with Crippen LogP contribution in [0.5, 0.6) is 0 Å². The lowest BCUT2D eigenvalue weighted by molar-refractivity contribution is 0.0827. The van der Waals surface area contributed by atoms with Gasteiger partial charge in [0.05, 0.1) is 11.4 Å². The molecule has 3 N–H and O–H groups in total. The molecule has 1 amide bonds. The van der Waals surface area contributed by atoms with Crippen molar-refractivity contribution in [3.8, 4) is 22.5 Å². The summed E-state index contributed by atoms with van der Waals surface area (Å²) < 4.78 is 0. The Morgan fingerprint density at radius 3 is 2.67 bits per heavy atom. The van der Waals surface area contributed by atoms with Crippen LogP contribution in [0, 0.1) is 0 Å². The molecule has 0 aliphatic carbocycles. The number of aromatic amines is 1. The quantitative estimate of drug-likeness (QED) is 0.586. The van der Waals surface area contributed by atoms with E-state index in [2.05, 4.69) is 19.9 Å². The first kappa shape index (κ1) is 16.7. The molecule has 0 aliphatic rings. The Morgan fingerprint density at radius 1 is 1.07 bits per heavy atom. The van der Waals surface area contributed by atoms with Gasteiger partial charge in [-0.25, -0.2) is 15.0 Å². The minimum Gasteiger partial charge on any atom is -0.368 e. The Kier molecular flexibility index (Phi) is 4.04. The number of hydrogen-bond donors (Lipinski definition) is 2. The van der Waals surface area contributed by atoms with Gasteiger partial charge in [0, 0.05) is 37.4 Å². The van der Waals surface area contributed by atoms with E-state index in [1.165, 1.54) is 0 Å². The highest BCUT2D eigenvalue weighted by Crippen LogP contribution is 2.31. The number of nitrogens with one attached hydrogen (secondary N) is 1. The van der Waals surface area contributed by atoms with E-state index in [9.17, 15) is 4.79 Å². The standard InChI is InChI=1S/C20H18N6O/c1-26(2)19(27)13-5-3-4-12(10-13)14-6-8-22-18-15(14)11-17(24-18)16-7-9-23-20(21)25-16/h3-11H,1-2H3,(H,22,24)(H2,21,23,25). The molecular weight excluding hydrogens is 340 g/mol. The molecule has 0 aliphatic heterocycles. The van der Waals surface area contributed by atoms with Gasteiger partial charge in [0.1, 0.15) is 5.65 Å². The number of pyridine rings is 1. The fourth-order valence-electron chi connectivity index (χ4n) is 3.02. The van der Waals surface area contributed by atoms with E-state index in [0.29, 0.717) is 11.3 Å². The summed E-state index contributed by atoms with van der Waals surface area (Å²) in [5.41, 5.74) is 10.5. The summed E-state index contributed by atoms with van der Waals surface area (Å²) in [6, 6.07) is 13.3. The molecule has 0 bridgehead atoms. The van der Waals surface area contributed by atoms with E-state index in [4.69, 9.17) is 5.73 Å². The van der Waals surface area contributed by atoms with E-state index in [1.54, 1.807) is 37.5 Å². The molecule has 4 rings (SSSR count). The number of nitrogen functional groups attached to an aromatic ring is 1. The van der Waals surface area contributed by atoms with Crippen LogP contribution in [0.1, 0.15) is 10.4 Å². The minimum absolute atomic E-state index is 0.0339. The molecule has 27 heavy (non-hydrogen) atoms. The van der Waals surface area contributed by atoms with Crippen molar-refractivity contribution in [2.24, 2.45) is 0 Å². The molecule has 3 aromatic heterocycles. The van der Waals surface area contributed by atoms with Crippen LogP contribution in [0.15, 0.2) is 54.9 Å². The fraction of sp³-hybridized carbons (Fsp3) is 0.100. The molecule has 0 saturated carbocycles. The van der Waals surface area contributed by atoms with Gasteiger partial charge in [-0.05, 0) is 41.5 Å². The molecular formula is C20H18N6O. The van der Waals surface area contributed by atoms with Gasteiger partial charge < -0.3 is 15.6 Å². The van der Waals surface area contributed by atoms with Crippen LogP contribution in [-0.4, -0.2) is 44.8 Å². The number of rotatable bonds is 3. The number of carbonyl (C=O) groups excluding carboxylic acids is 1. The molecule has 4 aromatic rings. The van der Waals surface area contributed by atoms with Gasteiger partial charge in [-0.15, -0.1) is 0 Å². The van der Waals surface area contributed by atoms with Crippen LogP contribution in [0.3, 0.4) is 0 Å². The maximum Gasteiger partial charge on any atom is 0.253 e. The summed E-state index contributed by atoms with van der Waals surface area (Å²) in [6.45, 7) is 0. The van der Waals surface area contributed by atoms with E-state index < -0.39 is 0 Å². The maximum atomic E-state index is 12.3. The van der Waals surface area contributed by atoms with Crippen molar-refractivity contribution in [1.82, 2.24) is 24.8 Å². The second-order valence-electron chi connectivity index (χ2n) is 6.38. The van der Waals surface area contributed by atoms with Gasteiger partial charge in [0.15, 0.2) is 0 Å². The third-order valence-corrected chi connectivity index (χ3v) is 4.31. The van der Waals surface area contributed by atoms with Crippen LogP contribution in [0.2, 0.25) is 0 Å². The summed E-state index contributed by atoms with van der Waals surface area (Å²) in [5.74, 6) is 0.183. The molecule has 1 aromatic carbocycles. The van der Waals surface area contributed by atoms with Gasteiger partial charge in [0.2, 0.25) is 5.95 Å². The molecule has 0 spiro atoms. The van der Waals surface area contributed by atoms with Crippen molar-refractivity contribution in [3.63, 3.8) is 0 Å². The predicted octanol–water partition coefficient (Wildman–Crippen LogP) is 2.97. The van der Waals surface area contributed by atoms with Crippen LogP contribution in [0.25, 0.3) is 33.5 Å². The van der Waals surface area contributed by atoms with Crippen LogP contribution in [-0.2, 0) is 0 Å². The fourth-order valence-corrected chi connectivity index (χ4v) is 3.02. The number of hydrogen-bond acceptors (Lipinski definition) is 5. The molecule has 0 fully saturated rings. The van der Waals surface area contributed by atoms with Gasteiger partial charge in [-0.2, -0.15) is 0 Å². The second kappa shape index (κ2) is 6.53. The summed E-state index contributed by atoms with van der Waals surface area (Å²) in [4.78, 5) is 29.7. The number of amides is 1. The number of anilines is 1. The van der Waals surface area contributed by atoms with E-state index >= 15 is 0 Å². The van der Waals surface area contributed by atoms with Crippen molar-refractivity contribution < 1.29 is 4.79 Å². The zero-order valence-electron chi connectivity index (χ0n) is 15.0. The Labute approximate surface area is 155 Å². The topological polar surface area (TPSA) is 101 Å². The number of H-pyrrole nitrogens is 1. The molecule has 0 atom stereocenters. The highest BCUT2D eigenvalue weighted by Gasteiger charge is 2.13. The SMILES string of the molecule is CN(C)C(=O)c1cccc(-c2ccnc3[nH]c(-c4ccnc(N)n4)cc23)c1. The van der Waals surface area contributed by atoms with E-state index in [-0.39, 0.29) is 11.9 Å². The van der Waals surface area contributed by atoms with Crippen LogP contribution < -0.4 is 5.73 Å². The van der Waals surface area contributed by atoms with Crippen molar-refractivity contribution in [2.75, 3.05) is 19.8 Å². The molecule has 0 radical (unpaired) electrons. The van der Waals surface area contributed by atoms with Gasteiger partial charge in [0.25, 0.3) is 5.91 Å². The van der Waals surface area contributed by atoms with Crippen LogP contribution in [0.4, 0.5) is 5.95 Å². The summed E-state index contributed by atoms with van der Waals surface area (Å²) in [6.07, 6.45) is 3.36. The van der Waals surface area contributed by atoms with Crippen molar-refractivity contribution in [3.05, 3.63) is 60.4 Å². The smallest absolute Gasteiger partial charge is 0.253 e. The lowest BCUT2D eigenvalue weighted by atomic mass is 10.0. The first-order valence-electron chi connectivity index (χ1n) is 8.41. The lowest BCUT2D eigenvalue weighted by Crippen LogP contribution is -2.21. The Bertz CT molecular complexity index is 1150. The predicted molar refractivity (Wildman–Crippen MR) is 105 cm³/mol. The lowest BCUT2D eigenvalue weighted by Gasteiger charge is -2.11. The Hall–Kier alpha value is -3.74. The van der Waals surface area contributed by atoms with Gasteiger partial charge in [-0.1, -0.05) is 12.1 Å². The summed E-state index contributed by atoms with van der Waals surface area (Å²) in [7, 11) is 3.48. The van der Waals surface area contributed by atoms with Crippen molar-refractivity contribution in [1.29, 1.82) is 0 Å². The van der Waals surface area contributed by atoms with E-state index in [1.807, 2.05) is 36.4 Å². The minimum atomic E-state index is -0.0339. The molecule has 3 heterocycles. The zero-order valence-corrected chi connectivity index (χ0v) is 15.0. The number of fused-ring (bicyclic) bond motifs is 1. The monoisotopic (exact) mass is 358 g/mol. The number of nitrogens with zero attached hydrogens (tertiary/aromatic N) is 4. The Morgan fingerprint density at radius 2 is 1.89 bits per heavy atom. The number of nitrogens with two attached hydrogens (primary N) is 1. The second-order valence-corrected chi connectivity index (χ2v) is 6.38. The number of benzene rings is 1. The first-order valence-corrected chi connectivity index (χ1v) is 8.41. The van der Waals surface area contributed by atoms with Crippen molar-refractivity contribution in [2.45, 2.75) is 0 Å². The zero-order chi connectivity index (χ0) is 19.0. The number of aromatic nitrogens is 4. The average Bonchev–Trinajstić information content (AvgIpc) is 3.12. The summed E-state index contributed by atoms with van der Waals surface area (Å²) in [5, 5.41) is 0.944. The highest BCUT2D eigenvalue weighted by molar-refractivity contribution is 5.99. The van der Waals surface area contributed by atoms with Crippen molar-refractivity contribution >= 4 is 22.9 Å².